The van der Waals surface area contributed by atoms with Crippen LogP contribution in [0.4, 0.5) is 15.3 Å². The van der Waals surface area contributed by atoms with Gasteiger partial charge in [0.25, 0.3) is 5.91 Å². The summed E-state index contributed by atoms with van der Waals surface area (Å²) in [6.07, 6.45) is 0.650. The predicted octanol–water partition coefficient (Wildman–Crippen LogP) is 4.52. The molecule has 1 aromatic heterocycles. The molecule has 4 heterocycles. The maximum Gasteiger partial charge on any atom is 0.419 e. The number of para-hydroxylation sites is 2. The summed E-state index contributed by atoms with van der Waals surface area (Å²) < 4.78 is 12.9. The number of rotatable bonds is 1. The van der Waals surface area contributed by atoms with Crippen LogP contribution in [-0.2, 0) is 29.3 Å². The molecule has 11 heteroatoms. The van der Waals surface area contributed by atoms with Gasteiger partial charge in [-0.05, 0) is 70.9 Å². The Balaban J connectivity index is 1.69. The number of hydrogen-bond donors (Lipinski definition) is 0. The molecule has 43 heavy (non-hydrogen) atoms. The number of anilines is 1. The van der Waals surface area contributed by atoms with Crippen molar-refractivity contribution in [3.8, 4) is 0 Å². The van der Waals surface area contributed by atoms with Crippen LogP contribution in [0.2, 0.25) is 0 Å². The molecular weight excluding hydrogens is 552 g/mol. The van der Waals surface area contributed by atoms with Crippen molar-refractivity contribution in [3.63, 3.8) is 0 Å². The molecule has 2 aromatic carbocycles. The van der Waals surface area contributed by atoms with Crippen molar-refractivity contribution in [1.29, 1.82) is 0 Å². The smallest absolute Gasteiger partial charge is 0.419 e. The maximum absolute atomic E-state index is 14.0. The summed E-state index contributed by atoms with van der Waals surface area (Å²) >= 11 is 0. The topological polar surface area (TPSA) is 118 Å². The van der Waals surface area contributed by atoms with Crippen molar-refractivity contribution >= 4 is 46.5 Å². The van der Waals surface area contributed by atoms with Gasteiger partial charge in [-0.1, -0.05) is 36.4 Å². The number of nitrogens with zero attached hydrogens (tertiary/aromatic N) is 4. The molecule has 0 unspecified atom stereocenters. The Kier molecular flexibility index (Phi) is 5.92. The molecule has 1 fully saturated rings. The molecule has 11 nitrogen and oxygen atoms in total. The fourth-order valence-corrected chi connectivity index (χ4v) is 6.13. The van der Waals surface area contributed by atoms with Crippen molar-refractivity contribution in [3.05, 3.63) is 77.6 Å². The molecule has 3 aliphatic rings. The molecule has 0 saturated carbocycles. The van der Waals surface area contributed by atoms with E-state index in [4.69, 9.17) is 9.47 Å². The second-order valence-electron chi connectivity index (χ2n) is 12.9. The van der Waals surface area contributed by atoms with Crippen LogP contribution in [0.1, 0.15) is 52.7 Å². The van der Waals surface area contributed by atoms with Crippen LogP contribution in [0.25, 0.3) is 10.9 Å². The lowest BCUT2D eigenvalue weighted by atomic mass is 9.74. The molecule has 0 aliphatic carbocycles. The number of benzene rings is 2. The number of carbonyl (C=O) groups is 5. The highest BCUT2D eigenvalue weighted by atomic mass is 16.6. The Morgan fingerprint density at radius 2 is 1.37 bits per heavy atom. The first-order valence-electron chi connectivity index (χ1n) is 13.9. The minimum atomic E-state index is -1.37. The Bertz CT molecular complexity index is 1790. The van der Waals surface area contributed by atoms with E-state index in [1.807, 2.05) is 18.2 Å². The molecule has 0 spiro atoms. The fourth-order valence-electron chi connectivity index (χ4n) is 6.13. The van der Waals surface area contributed by atoms with Crippen molar-refractivity contribution in [1.82, 2.24) is 14.4 Å². The molecule has 4 amide bonds. The average Bonchev–Trinajstić information content (AvgIpc) is 3.55. The van der Waals surface area contributed by atoms with Crippen LogP contribution in [-0.4, -0.2) is 68.7 Å². The third kappa shape index (κ3) is 4.05. The Labute approximate surface area is 248 Å². The van der Waals surface area contributed by atoms with Crippen molar-refractivity contribution in [2.45, 2.75) is 64.3 Å². The molecular formula is C32H32N4O7. The lowest BCUT2D eigenvalue weighted by Crippen LogP contribution is -2.62. The number of ether oxygens (including phenoxy) is 2. The highest BCUT2D eigenvalue weighted by Crippen LogP contribution is 2.58. The van der Waals surface area contributed by atoms with Crippen molar-refractivity contribution in [2.75, 3.05) is 11.9 Å². The van der Waals surface area contributed by atoms with Gasteiger partial charge in [-0.15, -0.1) is 0 Å². The summed E-state index contributed by atoms with van der Waals surface area (Å²) in [5, 5.41) is 0.635. The van der Waals surface area contributed by atoms with E-state index in [0.717, 1.165) is 9.80 Å². The van der Waals surface area contributed by atoms with Gasteiger partial charge in [-0.25, -0.2) is 9.59 Å². The zero-order chi connectivity index (χ0) is 31.2. The highest BCUT2D eigenvalue weighted by Gasteiger charge is 2.65. The maximum atomic E-state index is 14.0. The number of imide groups is 1. The Morgan fingerprint density at radius 3 is 2.05 bits per heavy atom. The number of amides is 4. The van der Waals surface area contributed by atoms with Gasteiger partial charge in [0.1, 0.15) is 23.1 Å². The van der Waals surface area contributed by atoms with E-state index in [-0.39, 0.29) is 5.70 Å². The van der Waals surface area contributed by atoms with Crippen LogP contribution >= 0.6 is 0 Å². The van der Waals surface area contributed by atoms with E-state index < -0.39 is 52.7 Å². The molecule has 3 aliphatic heterocycles. The van der Waals surface area contributed by atoms with E-state index in [1.54, 1.807) is 84.1 Å². The van der Waals surface area contributed by atoms with Crippen LogP contribution in [0.15, 0.2) is 66.5 Å². The lowest BCUT2D eigenvalue weighted by molar-refractivity contribution is -0.159. The fraction of sp³-hybridized carbons (Fsp3) is 0.344. The highest BCUT2D eigenvalue weighted by molar-refractivity contribution is 6.42. The number of hydrogen-bond acceptors (Lipinski definition) is 7. The normalized spacial score (nSPS) is 21.6. The molecule has 3 aromatic rings. The number of fused-ring (bicyclic) bond motifs is 6. The zero-order valence-corrected chi connectivity index (χ0v) is 25.0. The van der Waals surface area contributed by atoms with E-state index in [1.165, 1.54) is 16.5 Å². The first-order valence-corrected chi connectivity index (χ1v) is 13.9. The second-order valence-corrected chi connectivity index (χ2v) is 12.9. The quantitative estimate of drug-likeness (QED) is 0.305. The predicted molar refractivity (Wildman–Crippen MR) is 156 cm³/mol. The van der Waals surface area contributed by atoms with E-state index in [0.29, 0.717) is 27.7 Å². The summed E-state index contributed by atoms with van der Waals surface area (Å²) in [4.78, 5) is 70.9. The standard InChI is InChI=1S/C32H32N4O7/c1-30(2,3)42-28(40)34-17-20(18-12-8-10-14-21(18)34)32-16-23-24(37)33(7)25(38)26(39)35(23)27(32)36(29(41)43-31(4,5)6)22-15-11-9-13-19(22)32/h8-17,27H,1-7H3/t27-,32+/m0/s1. The van der Waals surface area contributed by atoms with Crippen LogP contribution in [0, 0.1) is 0 Å². The minimum Gasteiger partial charge on any atom is -0.443 e. The van der Waals surface area contributed by atoms with Gasteiger partial charge in [0.05, 0.1) is 16.6 Å². The van der Waals surface area contributed by atoms with Gasteiger partial charge in [0.15, 0.2) is 0 Å². The zero-order valence-electron chi connectivity index (χ0n) is 25.0. The van der Waals surface area contributed by atoms with Crippen LogP contribution in [0.5, 0.6) is 0 Å². The lowest BCUT2D eigenvalue weighted by Gasteiger charge is -2.40. The van der Waals surface area contributed by atoms with Gasteiger partial charge in [-0.3, -0.25) is 33.7 Å². The third-order valence-corrected chi connectivity index (χ3v) is 7.70. The van der Waals surface area contributed by atoms with Crippen molar-refractivity contribution in [2.24, 2.45) is 0 Å². The van der Waals surface area contributed by atoms with Crippen molar-refractivity contribution < 1.29 is 33.4 Å². The Hall–Kier alpha value is -4.93. The summed E-state index contributed by atoms with van der Waals surface area (Å²) in [5.74, 6) is -2.66. The van der Waals surface area contributed by atoms with E-state index >= 15 is 0 Å². The first-order chi connectivity index (χ1) is 20.1. The number of aromatic nitrogens is 1. The molecule has 6 rings (SSSR count). The average molecular weight is 585 g/mol. The molecule has 0 N–H and O–H groups in total. The summed E-state index contributed by atoms with van der Waals surface area (Å²) in [6.45, 7) is 10.5. The van der Waals surface area contributed by atoms with Crippen LogP contribution in [0.3, 0.4) is 0 Å². The SMILES string of the molecule is CN1C(=O)C(=O)N2C(=C[C@]3(c4cn(C(=O)OC(C)(C)C)c5ccccc45)c4ccccc4N(C(=O)OC(C)(C)C)[C@H]23)C1=O. The molecule has 1 saturated heterocycles. The molecule has 2 atom stereocenters. The molecule has 0 radical (unpaired) electrons. The second kappa shape index (κ2) is 9.03. The van der Waals surface area contributed by atoms with Gasteiger partial charge in [0.2, 0.25) is 0 Å². The molecule has 0 bridgehead atoms. The summed E-state index contributed by atoms with van der Waals surface area (Å²) in [6, 6.07) is 14.3. The van der Waals surface area contributed by atoms with Crippen LogP contribution < -0.4 is 4.90 Å². The van der Waals surface area contributed by atoms with Gasteiger partial charge in [0, 0.05) is 18.6 Å². The van der Waals surface area contributed by atoms with Gasteiger partial charge < -0.3 is 9.47 Å². The first kappa shape index (κ1) is 28.2. The largest absolute Gasteiger partial charge is 0.443 e. The van der Waals surface area contributed by atoms with Gasteiger partial charge >= 0.3 is 24.0 Å². The monoisotopic (exact) mass is 584 g/mol. The summed E-state index contributed by atoms with van der Waals surface area (Å²) in [5.41, 5.74) is -0.986. The minimum absolute atomic E-state index is 0.0470. The number of piperazine rings is 1. The van der Waals surface area contributed by atoms with E-state index in [9.17, 15) is 24.0 Å². The third-order valence-electron chi connectivity index (χ3n) is 7.70. The number of likely N-dealkylation sites (N-methyl/N-ethyl adjacent to an activating group) is 1. The van der Waals surface area contributed by atoms with E-state index in [2.05, 4.69) is 0 Å². The Morgan fingerprint density at radius 1 is 0.767 bits per heavy atom. The van der Waals surface area contributed by atoms with Gasteiger partial charge in [-0.2, -0.15) is 0 Å². The molecule has 222 valence electrons. The summed E-state index contributed by atoms with van der Waals surface area (Å²) in [7, 11) is 1.25. The number of carbonyl (C=O) groups excluding carboxylic acids is 5.